The number of nitrogens with zero attached hydrogens (tertiary/aromatic N) is 3. The molecule has 0 unspecified atom stereocenters. The summed E-state index contributed by atoms with van der Waals surface area (Å²) >= 11 is 0. The first kappa shape index (κ1) is 12.9. The quantitative estimate of drug-likeness (QED) is 0.556. The number of rotatable bonds is 2. The predicted molar refractivity (Wildman–Crippen MR) is 70.3 cm³/mol. The smallest absolute Gasteiger partial charge is 0.244 e. The van der Waals surface area contributed by atoms with Crippen molar-refractivity contribution in [1.29, 1.82) is 10.8 Å². The van der Waals surface area contributed by atoms with Crippen molar-refractivity contribution in [3.63, 3.8) is 0 Å². The Morgan fingerprint density at radius 3 is 2.47 bits per heavy atom. The molecule has 19 heavy (non-hydrogen) atoms. The molecule has 2 rings (SSSR count). The number of aromatic hydroxyl groups is 1. The Hall–Kier alpha value is -2.50. The van der Waals surface area contributed by atoms with Gasteiger partial charge in [0.05, 0.1) is 11.4 Å². The van der Waals surface area contributed by atoms with E-state index in [4.69, 9.17) is 10.8 Å². The van der Waals surface area contributed by atoms with Crippen molar-refractivity contribution >= 4 is 5.84 Å². The zero-order valence-corrected chi connectivity index (χ0v) is 10.8. The lowest BCUT2D eigenvalue weighted by molar-refractivity contribution is 0.475. The zero-order chi connectivity index (χ0) is 14.0. The van der Waals surface area contributed by atoms with Gasteiger partial charge in [0.15, 0.2) is 0 Å². The van der Waals surface area contributed by atoms with E-state index in [2.05, 4.69) is 10.1 Å². The van der Waals surface area contributed by atoms with Crippen LogP contribution in [0.4, 0.5) is 0 Å². The lowest BCUT2D eigenvalue weighted by Gasteiger charge is -2.09. The van der Waals surface area contributed by atoms with Crippen LogP contribution in [0, 0.1) is 24.7 Å². The van der Waals surface area contributed by atoms with Crippen LogP contribution in [0.5, 0.6) is 5.75 Å². The molecule has 0 bridgehead atoms. The zero-order valence-electron chi connectivity index (χ0n) is 10.8. The first-order valence-electron chi connectivity index (χ1n) is 5.82. The third kappa shape index (κ3) is 2.85. The van der Waals surface area contributed by atoms with Gasteiger partial charge in [0, 0.05) is 6.42 Å². The third-order valence-corrected chi connectivity index (χ3v) is 2.81. The Bertz CT molecular complexity index is 672. The molecule has 0 aliphatic heterocycles. The molecule has 1 heterocycles. The van der Waals surface area contributed by atoms with Crippen LogP contribution in [0.3, 0.4) is 0 Å². The Kier molecular flexibility index (Phi) is 3.41. The minimum absolute atomic E-state index is 0.0492. The van der Waals surface area contributed by atoms with Gasteiger partial charge in [-0.2, -0.15) is 9.78 Å². The van der Waals surface area contributed by atoms with Crippen molar-refractivity contribution in [3.05, 3.63) is 46.8 Å². The van der Waals surface area contributed by atoms with Gasteiger partial charge in [0.25, 0.3) is 0 Å². The highest BCUT2D eigenvalue weighted by atomic mass is 16.3. The fourth-order valence-electron chi connectivity index (χ4n) is 1.63. The molecule has 0 amide bonds. The maximum atomic E-state index is 9.21. The van der Waals surface area contributed by atoms with Crippen LogP contribution in [-0.4, -0.2) is 25.7 Å². The summed E-state index contributed by atoms with van der Waals surface area (Å²) in [5.74, 6) is 0.362. The van der Waals surface area contributed by atoms with E-state index in [1.807, 2.05) is 0 Å². The summed E-state index contributed by atoms with van der Waals surface area (Å²) in [6.45, 7) is 3.58. The molecule has 1 aromatic carbocycles. The minimum atomic E-state index is -0.0492. The molecule has 98 valence electrons. The van der Waals surface area contributed by atoms with Crippen LogP contribution in [-0.2, 0) is 6.42 Å². The number of aromatic nitrogens is 3. The van der Waals surface area contributed by atoms with Gasteiger partial charge >= 0.3 is 0 Å². The second-order valence-corrected chi connectivity index (χ2v) is 4.31. The molecule has 1 aromatic heterocycles. The molecule has 6 nitrogen and oxygen atoms in total. The van der Waals surface area contributed by atoms with Crippen molar-refractivity contribution in [1.82, 2.24) is 14.8 Å². The van der Waals surface area contributed by atoms with E-state index < -0.39 is 0 Å². The molecular weight excluding hydrogens is 242 g/mol. The highest BCUT2D eigenvalue weighted by molar-refractivity contribution is 5.82. The van der Waals surface area contributed by atoms with Crippen LogP contribution in [0.1, 0.15) is 17.0 Å². The summed E-state index contributed by atoms with van der Waals surface area (Å²) < 4.78 is 1.22. The minimum Gasteiger partial charge on any atom is -0.508 e. The third-order valence-electron chi connectivity index (χ3n) is 2.81. The molecule has 0 radical (unpaired) electrons. The average molecular weight is 257 g/mol. The Labute approximate surface area is 110 Å². The van der Waals surface area contributed by atoms with Gasteiger partial charge in [-0.1, -0.05) is 12.1 Å². The van der Waals surface area contributed by atoms with Crippen molar-refractivity contribution in [2.24, 2.45) is 0 Å². The van der Waals surface area contributed by atoms with E-state index in [-0.39, 0.29) is 17.2 Å². The summed E-state index contributed by atoms with van der Waals surface area (Å²) in [4.78, 5) is 4.04. The molecule has 3 N–H and O–H groups in total. The van der Waals surface area contributed by atoms with Gasteiger partial charge in [-0.05, 0) is 31.5 Å². The normalized spacial score (nSPS) is 10.4. The topological polar surface area (TPSA) is 98.6 Å². The first-order valence-corrected chi connectivity index (χ1v) is 5.82. The number of phenolic OH excluding ortho intramolecular Hbond substituents is 1. The van der Waals surface area contributed by atoms with Gasteiger partial charge < -0.3 is 5.11 Å². The summed E-state index contributed by atoms with van der Waals surface area (Å²) in [5, 5.41) is 29.1. The van der Waals surface area contributed by atoms with Crippen molar-refractivity contribution < 1.29 is 5.11 Å². The van der Waals surface area contributed by atoms with Gasteiger partial charge in [-0.3, -0.25) is 10.8 Å². The number of phenols is 1. The molecule has 6 heteroatoms. The number of aryl methyl sites for hydroxylation is 2. The lowest BCUT2D eigenvalue weighted by atomic mass is 10.1. The molecule has 0 saturated carbocycles. The average Bonchev–Trinajstić information content (AvgIpc) is 2.36. The fourth-order valence-corrected chi connectivity index (χ4v) is 1.63. The summed E-state index contributed by atoms with van der Waals surface area (Å²) in [7, 11) is 0. The van der Waals surface area contributed by atoms with Gasteiger partial charge in [-0.15, -0.1) is 0 Å². The van der Waals surface area contributed by atoms with Crippen molar-refractivity contribution in [3.8, 4) is 5.75 Å². The number of nitrogens with one attached hydrogen (secondary N) is 2. The van der Waals surface area contributed by atoms with Gasteiger partial charge in [0.1, 0.15) is 11.6 Å². The van der Waals surface area contributed by atoms with Crippen LogP contribution < -0.4 is 5.62 Å². The van der Waals surface area contributed by atoms with Crippen molar-refractivity contribution in [2.75, 3.05) is 0 Å². The standard InChI is InChI=1S/C13H15N5O/c1-8-9(2)17-18(13(15)16-8)12(14)7-10-3-5-11(19)6-4-10/h3-6,14-15,19H,7H2,1-2H3. The van der Waals surface area contributed by atoms with E-state index in [1.54, 1.807) is 38.1 Å². The highest BCUT2D eigenvalue weighted by Crippen LogP contribution is 2.10. The maximum absolute atomic E-state index is 9.21. The largest absolute Gasteiger partial charge is 0.508 e. The predicted octanol–water partition coefficient (Wildman–Crippen LogP) is 1.15. The lowest BCUT2D eigenvalue weighted by Crippen LogP contribution is -2.33. The van der Waals surface area contributed by atoms with Crippen LogP contribution in [0.25, 0.3) is 0 Å². The highest BCUT2D eigenvalue weighted by Gasteiger charge is 2.07. The van der Waals surface area contributed by atoms with E-state index in [0.29, 0.717) is 17.8 Å². The van der Waals surface area contributed by atoms with Crippen LogP contribution in [0.15, 0.2) is 24.3 Å². The molecule has 0 aliphatic carbocycles. The van der Waals surface area contributed by atoms with Gasteiger partial charge in [0.2, 0.25) is 5.62 Å². The summed E-state index contributed by atoms with van der Waals surface area (Å²) in [6.07, 6.45) is 0.327. The molecule has 0 fully saturated rings. The molecule has 0 saturated heterocycles. The Balaban J connectivity index is 2.28. The summed E-state index contributed by atoms with van der Waals surface area (Å²) in [5.41, 5.74) is 2.21. The Morgan fingerprint density at radius 1 is 1.21 bits per heavy atom. The molecule has 0 aliphatic rings. The van der Waals surface area contributed by atoms with E-state index in [9.17, 15) is 5.11 Å². The van der Waals surface area contributed by atoms with E-state index in [1.165, 1.54) is 4.68 Å². The molecule has 0 spiro atoms. The monoisotopic (exact) mass is 257 g/mol. The summed E-state index contributed by atoms with van der Waals surface area (Å²) in [6, 6.07) is 6.62. The molecular formula is C13H15N5O. The Morgan fingerprint density at radius 2 is 1.84 bits per heavy atom. The second kappa shape index (κ2) is 5.01. The number of hydrogen-bond acceptors (Lipinski definition) is 5. The van der Waals surface area contributed by atoms with Crippen LogP contribution >= 0.6 is 0 Å². The number of benzene rings is 1. The van der Waals surface area contributed by atoms with E-state index in [0.717, 1.165) is 5.56 Å². The SMILES string of the molecule is Cc1nc(=N)n(C(=N)Cc2ccc(O)cc2)nc1C. The van der Waals surface area contributed by atoms with E-state index >= 15 is 0 Å². The molecule has 2 aromatic rings. The van der Waals surface area contributed by atoms with Crippen molar-refractivity contribution in [2.45, 2.75) is 20.3 Å². The molecule has 0 atom stereocenters. The fraction of sp³-hybridized carbons (Fsp3) is 0.231. The first-order chi connectivity index (χ1) is 8.97. The van der Waals surface area contributed by atoms with Gasteiger partial charge in [-0.25, -0.2) is 4.98 Å². The van der Waals surface area contributed by atoms with Crippen LogP contribution in [0.2, 0.25) is 0 Å². The second-order valence-electron chi connectivity index (χ2n) is 4.31. The number of hydrogen-bond donors (Lipinski definition) is 3. The maximum Gasteiger partial charge on any atom is 0.244 e.